The Hall–Kier alpha value is -0.910. The Morgan fingerprint density at radius 1 is 1.24 bits per heavy atom. The van der Waals surface area contributed by atoms with Gasteiger partial charge in [0, 0.05) is 22.8 Å². The van der Waals surface area contributed by atoms with Crippen molar-refractivity contribution in [3.63, 3.8) is 0 Å². The largest absolute Gasteiger partial charge is 0.438 e. The average molecular weight is 414 g/mol. The van der Waals surface area contributed by atoms with Crippen molar-refractivity contribution in [2.75, 3.05) is 6.54 Å². The van der Waals surface area contributed by atoms with Crippen LogP contribution in [0, 0.1) is 0 Å². The summed E-state index contributed by atoms with van der Waals surface area (Å²) in [6, 6.07) is 10.0. The highest BCUT2D eigenvalue weighted by Gasteiger charge is 2.07. The Bertz CT molecular complexity index is 587. The topological polar surface area (TPSA) is 34.1 Å². The minimum Gasteiger partial charge on any atom is -0.438 e. The summed E-state index contributed by atoms with van der Waals surface area (Å²) >= 11 is 6.90. The first-order chi connectivity index (χ1) is 10.1. The first-order valence-electron chi connectivity index (χ1n) is 6.92. The summed E-state index contributed by atoms with van der Waals surface area (Å²) in [4.78, 5) is 4.37. The number of nitrogens with one attached hydrogen (secondary N) is 1. The summed E-state index contributed by atoms with van der Waals surface area (Å²) in [6.07, 6.45) is 2.98. The van der Waals surface area contributed by atoms with E-state index in [1.165, 1.54) is 0 Å². The monoisotopic (exact) mass is 412 g/mol. The maximum absolute atomic E-state index is 5.78. The molecule has 0 fully saturated rings. The molecule has 1 aromatic carbocycles. The van der Waals surface area contributed by atoms with Gasteiger partial charge in [-0.25, -0.2) is 4.98 Å². The third-order valence-corrected chi connectivity index (χ3v) is 4.18. The third kappa shape index (κ3) is 4.80. The van der Waals surface area contributed by atoms with E-state index in [0.29, 0.717) is 11.9 Å². The Morgan fingerprint density at radius 3 is 2.67 bits per heavy atom. The molecule has 1 atom stereocenters. The van der Waals surface area contributed by atoms with E-state index in [-0.39, 0.29) is 0 Å². The van der Waals surface area contributed by atoms with E-state index in [1.807, 2.05) is 36.5 Å². The molecule has 3 nitrogen and oxygen atoms in total. The molecule has 1 heterocycles. The second-order valence-electron chi connectivity index (χ2n) is 4.78. The molecular weight excluding hydrogens is 396 g/mol. The number of hydrogen-bond donors (Lipinski definition) is 1. The zero-order valence-electron chi connectivity index (χ0n) is 12.1. The smallest absolute Gasteiger partial charge is 0.219 e. The molecule has 1 aromatic heterocycles. The highest BCUT2D eigenvalue weighted by atomic mass is 79.9. The highest BCUT2D eigenvalue weighted by molar-refractivity contribution is 9.11. The molecule has 0 spiro atoms. The van der Waals surface area contributed by atoms with Crippen LogP contribution in [0.1, 0.15) is 31.9 Å². The van der Waals surface area contributed by atoms with Gasteiger partial charge in [-0.2, -0.15) is 0 Å². The third-order valence-electron chi connectivity index (χ3n) is 3.07. The molecule has 0 saturated heterocycles. The summed E-state index contributed by atoms with van der Waals surface area (Å²) < 4.78 is 7.67. The van der Waals surface area contributed by atoms with Gasteiger partial charge in [0.15, 0.2) is 0 Å². The van der Waals surface area contributed by atoms with Crippen LogP contribution in [0.4, 0.5) is 0 Å². The SMILES string of the molecule is CCCNC(C)c1ccc(Oc2ccc(Br)cc2Br)nc1. The van der Waals surface area contributed by atoms with Crippen LogP contribution in [-0.4, -0.2) is 11.5 Å². The molecule has 0 saturated carbocycles. The van der Waals surface area contributed by atoms with Gasteiger partial charge < -0.3 is 10.1 Å². The standard InChI is InChI=1S/C16H18Br2N2O/c1-3-8-19-11(2)12-4-7-16(20-10-12)21-15-6-5-13(17)9-14(15)18/h4-7,9-11,19H,3,8H2,1-2H3. The Balaban J connectivity index is 2.05. The summed E-state index contributed by atoms with van der Waals surface area (Å²) in [5, 5.41) is 3.44. The van der Waals surface area contributed by atoms with Gasteiger partial charge in [-0.3, -0.25) is 0 Å². The molecule has 5 heteroatoms. The van der Waals surface area contributed by atoms with Crippen molar-refractivity contribution < 1.29 is 4.74 Å². The first kappa shape index (κ1) is 16.5. The van der Waals surface area contributed by atoms with Gasteiger partial charge in [0.1, 0.15) is 5.75 Å². The van der Waals surface area contributed by atoms with Crippen molar-refractivity contribution in [1.29, 1.82) is 0 Å². The molecular formula is C16H18Br2N2O. The number of ether oxygens (including phenoxy) is 1. The van der Waals surface area contributed by atoms with E-state index < -0.39 is 0 Å². The lowest BCUT2D eigenvalue weighted by Gasteiger charge is -2.13. The Labute approximate surface area is 142 Å². The zero-order valence-corrected chi connectivity index (χ0v) is 15.2. The summed E-state index contributed by atoms with van der Waals surface area (Å²) in [5.41, 5.74) is 1.16. The maximum Gasteiger partial charge on any atom is 0.219 e. The summed E-state index contributed by atoms with van der Waals surface area (Å²) in [7, 11) is 0. The normalized spacial score (nSPS) is 12.2. The average Bonchev–Trinajstić information content (AvgIpc) is 2.48. The van der Waals surface area contributed by atoms with E-state index in [4.69, 9.17) is 4.74 Å². The Kier molecular flexibility index (Phi) is 6.21. The van der Waals surface area contributed by atoms with Crippen LogP contribution in [0.15, 0.2) is 45.5 Å². The fourth-order valence-electron chi connectivity index (χ4n) is 1.86. The van der Waals surface area contributed by atoms with Crippen molar-refractivity contribution >= 4 is 31.9 Å². The lowest BCUT2D eigenvalue weighted by atomic mass is 10.1. The second-order valence-corrected chi connectivity index (χ2v) is 6.55. The predicted molar refractivity (Wildman–Crippen MR) is 92.9 cm³/mol. The minimum atomic E-state index is 0.297. The van der Waals surface area contributed by atoms with Gasteiger partial charge in [-0.15, -0.1) is 0 Å². The van der Waals surface area contributed by atoms with Gasteiger partial charge in [-0.1, -0.05) is 28.9 Å². The second kappa shape index (κ2) is 7.92. The minimum absolute atomic E-state index is 0.297. The summed E-state index contributed by atoms with van der Waals surface area (Å²) in [5.74, 6) is 1.33. The van der Waals surface area contributed by atoms with E-state index in [0.717, 1.165) is 33.2 Å². The van der Waals surface area contributed by atoms with Crippen LogP contribution in [0.5, 0.6) is 11.6 Å². The molecule has 1 N–H and O–H groups in total. The molecule has 0 radical (unpaired) electrons. The lowest BCUT2D eigenvalue weighted by molar-refractivity contribution is 0.458. The molecule has 21 heavy (non-hydrogen) atoms. The number of aromatic nitrogens is 1. The molecule has 0 aliphatic heterocycles. The number of nitrogens with zero attached hydrogens (tertiary/aromatic N) is 1. The van der Waals surface area contributed by atoms with Crippen LogP contribution in [0.2, 0.25) is 0 Å². The highest BCUT2D eigenvalue weighted by Crippen LogP contribution is 2.31. The van der Waals surface area contributed by atoms with Crippen LogP contribution in [0.3, 0.4) is 0 Å². The number of pyridine rings is 1. The van der Waals surface area contributed by atoms with Gasteiger partial charge >= 0.3 is 0 Å². The van der Waals surface area contributed by atoms with Gasteiger partial charge in [0.25, 0.3) is 0 Å². The lowest BCUT2D eigenvalue weighted by Crippen LogP contribution is -2.19. The van der Waals surface area contributed by atoms with E-state index in [2.05, 4.69) is 56.0 Å². The quantitative estimate of drug-likeness (QED) is 0.682. The molecule has 1 unspecified atom stereocenters. The fourth-order valence-corrected chi connectivity index (χ4v) is 2.99. The van der Waals surface area contributed by atoms with E-state index in [1.54, 1.807) is 0 Å². The van der Waals surface area contributed by atoms with E-state index >= 15 is 0 Å². The van der Waals surface area contributed by atoms with Crippen molar-refractivity contribution in [2.45, 2.75) is 26.3 Å². The maximum atomic E-state index is 5.78. The molecule has 0 bridgehead atoms. The molecule has 0 amide bonds. The van der Waals surface area contributed by atoms with Gasteiger partial charge in [-0.05, 0) is 59.6 Å². The van der Waals surface area contributed by atoms with Crippen LogP contribution in [-0.2, 0) is 0 Å². The van der Waals surface area contributed by atoms with Crippen molar-refractivity contribution in [2.24, 2.45) is 0 Å². The molecule has 2 aromatic rings. The van der Waals surface area contributed by atoms with Crippen molar-refractivity contribution in [1.82, 2.24) is 10.3 Å². The Morgan fingerprint density at radius 2 is 2.05 bits per heavy atom. The number of benzene rings is 1. The number of halogens is 2. The predicted octanol–water partition coefficient (Wildman–Crippen LogP) is 5.46. The number of hydrogen-bond acceptors (Lipinski definition) is 3. The van der Waals surface area contributed by atoms with Crippen LogP contribution >= 0.6 is 31.9 Å². The van der Waals surface area contributed by atoms with Gasteiger partial charge in [0.2, 0.25) is 5.88 Å². The number of rotatable bonds is 6. The van der Waals surface area contributed by atoms with Crippen molar-refractivity contribution in [3.8, 4) is 11.6 Å². The first-order valence-corrected chi connectivity index (χ1v) is 8.51. The van der Waals surface area contributed by atoms with Crippen LogP contribution in [0.25, 0.3) is 0 Å². The molecule has 0 aliphatic carbocycles. The zero-order chi connectivity index (χ0) is 15.2. The summed E-state index contributed by atoms with van der Waals surface area (Å²) in [6.45, 7) is 5.30. The van der Waals surface area contributed by atoms with Gasteiger partial charge in [0.05, 0.1) is 4.47 Å². The molecule has 2 rings (SSSR count). The molecule has 0 aliphatic rings. The van der Waals surface area contributed by atoms with Crippen molar-refractivity contribution in [3.05, 3.63) is 51.0 Å². The molecule has 112 valence electrons. The van der Waals surface area contributed by atoms with E-state index in [9.17, 15) is 0 Å². The fraction of sp³-hybridized carbons (Fsp3) is 0.312. The van der Waals surface area contributed by atoms with Crippen LogP contribution < -0.4 is 10.1 Å².